The zero-order valence-corrected chi connectivity index (χ0v) is 12.2. The lowest BCUT2D eigenvalue weighted by atomic mass is 9.94. The Kier molecular flexibility index (Phi) is 5.93. The summed E-state index contributed by atoms with van der Waals surface area (Å²) in [5, 5.41) is 3.57. The molecule has 0 aromatic heterocycles. The molecule has 0 aromatic rings. The van der Waals surface area contributed by atoms with Crippen LogP contribution in [0, 0.1) is 11.8 Å². The van der Waals surface area contributed by atoms with Gasteiger partial charge >= 0.3 is 0 Å². The molecule has 0 amide bonds. The maximum absolute atomic E-state index is 5.32. The predicted octanol–water partition coefficient (Wildman–Crippen LogP) is 2.12. The summed E-state index contributed by atoms with van der Waals surface area (Å²) in [7, 11) is 3.97. The first-order chi connectivity index (χ1) is 8.83. The van der Waals surface area contributed by atoms with Crippen LogP contribution in [-0.2, 0) is 4.74 Å². The van der Waals surface area contributed by atoms with Gasteiger partial charge in [-0.2, -0.15) is 0 Å². The van der Waals surface area contributed by atoms with Gasteiger partial charge in [-0.05, 0) is 51.1 Å². The third-order valence-electron chi connectivity index (χ3n) is 4.80. The van der Waals surface area contributed by atoms with Crippen LogP contribution >= 0.6 is 0 Å². The number of methoxy groups -OCH3 is 1. The third-order valence-corrected chi connectivity index (χ3v) is 4.80. The van der Waals surface area contributed by atoms with Crippen molar-refractivity contribution in [3.63, 3.8) is 0 Å². The first-order valence-electron chi connectivity index (χ1n) is 7.72. The van der Waals surface area contributed by atoms with E-state index < -0.39 is 0 Å². The summed E-state index contributed by atoms with van der Waals surface area (Å²) in [6.45, 7) is 4.69. The summed E-state index contributed by atoms with van der Waals surface area (Å²) < 4.78 is 5.32. The fourth-order valence-electron chi connectivity index (χ4n) is 3.80. The molecule has 2 atom stereocenters. The second-order valence-corrected chi connectivity index (χ2v) is 6.16. The van der Waals surface area contributed by atoms with Gasteiger partial charge in [0, 0.05) is 26.2 Å². The fourth-order valence-corrected chi connectivity index (χ4v) is 3.80. The van der Waals surface area contributed by atoms with Gasteiger partial charge < -0.3 is 15.0 Å². The summed E-state index contributed by atoms with van der Waals surface area (Å²) in [6, 6.07) is 0.703. The Morgan fingerprint density at radius 2 is 2.00 bits per heavy atom. The van der Waals surface area contributed by atoms with Crippen LogP contribution in [0.3, 0.4) is 0 Å². The number of hydrogen-bond acceptors (Lipinski definition) is 3. The van der Waals surface area contributed by atoms with E-state index in [4.69, 9.17) is 4.74 Å². The summed E-state index contributed by atoms with van der Waals surface area (Å²) in [6.07, 6.45) is 8.43. The molecule has 2 fully saturated rings. The fraction of sp³-hybridized carbons (Fsp3) is 1.00. The van der Waals surface area contributed by atoms with E-state index in [0.29, 0.717) is 6.04 Å². The topological polar surface area (TPSA) is 24.5 Å². The van der Waals surface area contributed by atoms with Gasteiger partial charge in [-0.1, -0.05) is 12.8 Å². The Morgan fingerprint density at radius 3 is 2.67 bits per heavy atom. The van der Waals surface area contributed by atoms with E-state index in [9.17, 15) is 0 Å². The maximum Gasteiger partial charge on any atom is 0.0502 e. The van der Waals surface area contributed by atoms with Crippen LogP contribution in [0.1, 0.15) is 38.5 Å². The Morgan fingerprint density at radius 1 is 1.22 bits per heavy atom. The highest BCUT2D eigenvalue weighted by atomic mass is 16.5. The summed E-state index contributed by atoms with van der Waals surface area (Å²) in [5.74, 6) is 1.67. The molecule has 3 nitrogen and oxygen atoms in total. The molecule has 1 N–H and O–H groups in total. The van der Waals surface area contributed by atoms with Crippen molar-refractivity contribution in [2.75, 3.05) is 40.4 Å². The number of hydrogen-bond donors (Lipinski definition) is 1. The molecule has 2 unspecified atom stereocenters. The largest absolute Gasteiger partial charge is 0.384 e. The highest BCUT2D eigenvalue weighted by Crippen LogP contribution is 2.28. The monoisotopic (exact) mass is 254 g/mol. The second kappa shape index (κ2) is 7.46. The number of rotatable bonds is 6. The van der Waals surface area contributed by atoms with E-state index in [1.807, 2.05) is 7.11 Å². The molecule has 1 saturated carbocycles. The zero-order chi connectivity index (χ0) is 12.8. The SMILES string of the molecule is CNC(CN1CCCC(COC)C1)C1CCCC1. The first kappa shape index (κ1) is 14.3. The van der Waals surface area contributed by atoms with Crippen molar-refractivity contribution in [1.82, 2.24) is 10.2 Å². The molecule has 2 rings (SSSR count). The number of piperidine rings is 1. The maximum atomic E-state index is 5.32. The van der Waals surface area contributed by atoms with Crippen molar-refractivity contribution in [2.45, 2.75) is 44.6 Å². The molecule has 18 heavy (non-hydrogen) atoms. The molecule has 0 radical (unpaired) electrons. The van der Waals surface area contributed by atoms with Crippen LogP contribution in [0.15, 0.2) is 0 Å². The van der Waals surface area contributed by atoms with Gasteiger partial charge in [-0.3, -0.25) is 0 Å². The standard InChI is InChI=1S/C15H30N2O/c1-16-15(14-7-3-4-8-14)11-17-9-5-6-13(10-17)12-18-2/h13-16H,3-12H2,1-2H3. The Bertz CT molecular complexity index is 227. The van der Waals surface area contributed by atoms with Crippen molar-refractivity contribution >= 4 is 0 Å². The average molecular weight is 254 g/mol. The number of nitrogens with zero attached hydrogens (tertiary/aromatic N) is 1. The normalized spacial score (nSPS) is 28.7. The minimum atomic E-state index is 0.703. The Hall–Kier alpha value is -0.120. The van der Waals surface area contributed by atoms with Gasteiger partial charge in [0.15, 0.2) is 0 Å². The predicted molar refractivity (Wildman–Crippen MR) is 75.8 cm³/mol. The molecule has 3 heteroatoms. The van der Waals surface area contributed by atoms with Gasteiger partial charge in [0.05, 0.1) is 6.61 Å². The lowest BCUT2D eigenvalue weighted by Crippen LogP contribution is -2.47. The van der Waals surface area contributed by atoms with Gasteiger partial charge in [0.1, 0.15) is 0 Å². The molecule has 106 valence electrons. The zero-order valence-electron chi connectivity index (χ0n) is 12.2. The average Bonchev–Trinajstić information content (AvgIpc) is 2.90. The van der Waals surface area contributed by atoms with Gasteiger partial charge in [-0.25, -0.2) is 0 Å². The van der Waals surface area contributed by atoms with Crippen LogP contribution < -0.4 is 5.32 Å². The van der Waals surface area contributed by atoms with Crippen LogP contribution in [0.25, 0.3) is 0 Å². The minimum Gasteiger partial charge on any atom is -0.384 e. The molecule has 0 bridgehead atoms. The van der Waals surface area contributed by atoms with Crippen LogP contribution in [-0.4, -0.2) is 51.3 Å². The second-order valence-electron chi connectivity index (χ2n) is 6.16. The van der Waals surface area contributed by atoms with E-state index in [1.165, 1.54) is 58.2 Å². The molecule has 0 aromatic carbocycles. The first-order valence-corrected chi connectivity index (χ1v) is 7.72. The van der Waals surface area contributed by atoms with E-state index in [2.05, 4.69) is 17.3 Å². The quantitative estimate of drug-likeness (QED) is 0.786. The molecule has 1 heterocycles. The van der Waals surface area contributed by atoms with Gasteiger partial charge in [-0.15, -0.1) is 0 Å². The van der Waals surface area contributed by atoms with E-state index in [0.717, 1.165) is 18.4 Å². The lowest BCUT2D eigenvalue weighted by molar-refractivity contribution is 0.0819. The smallest absolute Gasteiger partial charge is 0.0502 e. The van der Waals surface area contributed by atoms with Crippen molar-refractivity contribution in [3.05, 3.63) is 0 Å². The molecule has 2 aliphatic rings. The van der Waals surface area contributed by atoms with Crippen molar-refractivity contribution in [2.24, 2.45) is 11.8 Å². The van der Waals surface area contributed by atoms with Gasteiger partial charge in [0.2, 0.25) is 0 Å². The van der Waals surface area contributed by atoms with Crippen LogP contribution in [0.5, 0.6) is 0 Å². The van der Waals surface area contributed by atoms with E-state index in [1.54, 1.807) is 0 Å². The Labute approximate surface area is 112 Å². The molecular formula is C15H30N2O. The third kappa shape index (κ3) is 3.94. The molecule has 1 saturated heterocycles. The van der Waals surface area contributed by atoms with Crippen molar-refractivity contribution < 1.29 is 4.74 Å². The number of likely N-dealkylation sites (tertiary alicyclic amines) is 1. The van der Waals surface area contributed by atoms with E-state index >= 15 is 0 Å². The molecule has 1 aliphatic carbocycles. The number of likely N-dealkylation sites (N-methyl/N-ethyl adjacent to an activating group) is 1. The summed E-state index contributed by atoms with van der Waals surface area (Å²) in [5.41, 5.74) is 0. The summed E-state index contributed by atoms with van der Waals surface area (Å²) in [4.78, 5) is 2.66. The van der Waals surface area contributed by atoms with Crippen molar-refractivity contribution in [3.8, 4) is 0 Å². The van der Waals surface area contributed by atoms with Gasteiger partial charge in [0.25, 0.3) is 0 Å². The minimum absolute atomic E-state index is 0.703. The highest BCUT2D eigenvalue weighted by Gasteiger charge is 2.27. The number of ether oxygens (including phenoxy) is 1. The molecule has 1 aliphatic heterocycles. The number of nitrogens with one attached hydrogen (secondary N) is 1. The lowest BCUT2D eigenvalue weighted by Gasteiger charge is -2.36. The van der Waals surface area contributed by atoms with Crippen LogP contribution in [0.4, 0.5) is 0 Å². The van der Waals surface area contributed by atoms with E-state index in [-0.39, 0.29) is 0 Å². The van der Waals surface area contributed by atoms with Crippen molar-refractivity contribution in [1.29, 1.82) is 0 Å². The highest BCUT2D eigenvalue weighted by molar-refractivity contribution is 4.84. The van der Waals surface area contributed by atoms with Crippen LogP contribution in [0.2, 0.25) is 0 Å². The molecular weight excluding hydrogens is 224 g/mol. The summed E-state index contributed by atoms with van der Waals surface area (Å²) >= 11 is 0. The Balaban J connectivity index is 1.79. The molecule has 0 spiro atoms.